The minimum absolute atomic E-state index is 0.222. The van der Waals surface area contributed by atoms with Crippen molar-refractivity contribution in [2.24, 2.45) is 0 Å². The van der Waals surface area contributed by atoms with Gasteiger partial charge in [0.05, 0.1) is 0 Å². The molecular weight excluding hydrogens is 232 g/mol. The van der Waals surface area contributed by atoms with Crippen molar-refractivity contribution in [3.8, 4) is 0 Å². The summed E-state index contributed by atoms with van der Waals surface area (Å²) in [5.74, 6) is -1.71. The molecule has 94 valence electrons. The van der Waals surface area contributed by atoms with Crippen molar-refractivity contribution in [1.29, 1.82) is 0 Å². The fourth-order valence-electron chi connectivity index (χ4n) is 1.88. The highest BCUT2D eigenvalue weighted by Crippen LogP contribution is 2.22. The Morgan fingerprint density at radius 2 is 1.56 bits per heavy atom. The molecule has 2 N–H and O–H groups in total. The van der Waals surface area contributed by atoms with E-state index in [9.17, 15) is 8.78 Å². The lowest BCUT2D eigenvalue weighted by molar-refractivity contribution is 0.501. The summed E-state index contributed by atoms with van der Waals surface area (Å²) in [6.07, 6.45) is 1.26. The molecule has 2 aromatic carbocycles. The van der Waals surface area contributed by atoms with Gasteiger partial charge in [-0.2, -0.15) is 0 Å². The van der Waals surface area contributed by atoms with Crippen LogP contribution in [-0.2, 0) is 12.8 Å². The number of rotatable bonds is 3. The molecule has 0 atom stereocenters. The van der Waals surface area contributed by atoms with Crippen molar-refractivity contribution in [3.63, 3.8) is 0 Å². The third-order valence-corrected chi connectivity index (χ3v) is 3.04. The lowest BCUT2D eigenvalue weighted by Gasteiger charge is -2.08. The van der Waals surface area contributed by atoms with Crippen LogP contribution in [0.15, 0.2) is 36.4 Å². The maximum absolute atomic E-state index is 13.6. The van der Waals surface area contributed by atoms with E-state index >= 15 is 0 Å². The van der Waals surface area contributed by atoms with E-state index in [1.165, 1.54) is 11.6 Å². The van der Waals surface area contributed by atoms with Crippen molar-refractivity contribution in [3.05, 3.63) is 64.7 Å². The van der Waals surface area contributed by atoms with Gasteiger partial charge < -0.3 is 5.73 Å². The fourth-order valence-corrected chi connectivity index (χ4v) is 1.88. The second-order valence-corrected chi connectivity index (χ2v) is 4.28. The van der Waals surface area contributed by atoms with Crippen molar-refractivity contribution in [1.82, 2.24) is 0 Å². The summed E-state index contributed by atoms with van der Waals surface area (Å²) < 4.78 is 26.8. The largest absolute Gasteiger partial charge is 0.398 e. The van der Waals surface area contributed by atoms with E-state index in [0.29, 0.717) is 6.42 Å². The predicted molar refractivity (Wildman–Crippen MR) is 69.4 cm³/mol. The number of halogens is 2. The van der Waals surface area contributed by atoms with Gasteiger partial charge in [-0.1, -0.05) is 31.2 Å². The molecule has 0 spiro atoms. The molecule has 0 aliphatic carbocycles. The zero-order valence-electron chi connectivity index (χ0n) is 10.2. The molecular formula is C15H15F2N. The standard InChI is InChI=1S/C15H15F2N/c1-2-10-3-5-11(6-4-10)9-12-14(18)8-7-13(16)15(12)17/h3-8H,2,9,18H2,1H3. The zero-order chi connectivity index (χ0) is 13.1. The molecule has 18 heavy (non-hydrogen) atoms. The number of anilines is 1. The van der Waals surface area contributed by atoms with E-state index in [1.54, 1.807) is 0 Å². The normalized spacial score (nSPS) is 10.6. The van der Waals surface area contributed by atoms with Gasteiger partial charge in [0.2, 0.25) is 0 Å². The first-order valence-electron chi connectivity index (χ1n) is 5.92. The van der Waals surface area contributed by atoms with E-state index in [0.717, 1.165) is 18.1 Å². The highest BCUT2D eigenvalue weighted by Gasteiger charge is 2.12. The first kappa shape index (κ1) is 12.6. The Labute approximate surface area is 105 Å². The van der Waals surface area contributed by atoms with Crippen LogP contribution in [-0.4, -0.2) is 0 Å². The van der Waals surface area contributed by atoms with Crippen LogP contribution in [0.5, 0.6) is 0 Å². The van der Waals surface area contributed by atoms with Gasteiger partial charge in [-0.05, 0) is 29.7 Å². The quantitative estimate of drug-likeness (QED) is 0.822. The average molecular weight is 247 g/mol. The highest BCUT2D eigenvalue weighted by molar-refractivity contribution is 5.49. The van der Waals surface area contributed by atoms with Crippen molar-refractivity contribution >= 4 is 5.69 Å². The molecule has 0 heterocycles. The van der Waals surface area contributed by atoms with Crippen molar-refractivity contribution < 1.29 is 8.78 Å². The summed E-state index contributed by atoms with van der Waals surface area (Å²) in [6.45, 7) is 2.07. The van der Waals surface area contributed by atoms with Gasteiger partial charge in [-0.3, -0.25) is 0 Å². The van der Waals surface area contributed by atoms with Crippen LogP contribution >= 0.6 is 0 Å². The molecule has 0 saturated carbocycles. The monoisotopic (exact) mass is 247 g/mol. The summed E-state index contributed by atoms with van der Waals surface area (Å²) in [5, 5.41) is 0. The number of hydrogen-bond donors (Lipinski definition) is 1. The zero-order valence-corrected chi connectivity index (χ0v) is 10.2. The Balaban J connectivity index is 2.30. The number of aryl methyl sites for hydroxylation is 1. The van der Waals surface area contributed by atoms with Gasteiger partial charge in [0.1, 0.15) is 0 Å². The molecule has 2 rings (SSSR count). The summed E-state index contributed by atoms with van der Waals surface area (Å²) >= 11 is 0. The topological polar surface area (TPSA) is 26.0 Å². The van der Waals surface area contributed by atoms with Crippen LogP contribution in [0, 0.1) is 11.6 Å². The second kappa shape index (κ2) is 5.17. The van der Waals surface area contributed by atoms with E-state index in [2.05, 4.69) is 6.92 Å². The molecule has 0 saturated heterocycles. The number of hydrogen-bond acceptors (Lipinski definition) is 1. The molecule has 3 heteroatoms. The molecule has 2 aromatic rings. The highest BCUT2D eigenvalue weighted by atomic mass is 19.2. The van der Waals surface area contributed by atoms with Gasteiger partial charge >= 0.3 is 0 Å². The molecule has 0 unspecified atom stereocenters. The smallest absolute Gasteiger partial charge is 0.164 e. The molecule has 1 nitrogen and oxygen atoms in total. The maximum Gasteiger partial charge on any atom is 0.164 e. The number of benzene rings is 2. The Hall–Kier alpha value is -1.90. The van der Waals surface area contributed by atoms with E-state index in [4.69, 9.17) is 5.73 Å². The van der Waals surface area contributed by atoms with Crippen LogP contribution in [0.4, 0.5) is 14.5 Å². The Morgan fingerprint density at radius 1 is 0.944 bits per heavy atom. The van der Waals surface area contributed by atoms with E-state index < -0.39 is 11.6 Å². The lowest BCUT2D eigenvalue weighted by atomic mass is 10.0. The molecule has 0 fully saturated rings. The fraction of sp³-hybridized carbons (Fsp3) is 0.200. The SMILES string of the molecule is CCc1ccc(Cc2c(N)ccc(F)c2F)cc1. The Morgan fingerprint density at radius 3 is 2.17 bits per heavy atom. The van der Waals surface area contributed by atoms with Crippen LogP contribution in [0.2, 0.25) is 0 Å². The van der Waals surface area contributed by atoms with Crippen molar-refractivity contribution in [2.75, 3.05) is 5.73 Å². The van der Waals surface area contributed by atoms with Gasteiger partial charge in [0.15, 0.2) is 11.6 Å². The molecule has 0 aliphatic rings. The molecule has 0 radical (unpaired) electrons. The summed E-state index contributed by atoms with van der Waals surface area (Å²) in [7, 11) is 0. The van der Waals surface area contributed by atoms with Crippen LogP contribution in [0.25, 0.3) is 0 Å². The minimum atomic E-state index is -0.857. The lowest BCUT2D eigenvalue weighted by Crippen LogP contribution is -2.02. The third kappa shape index (κ3) is 2.50. The van der Waals surface area contributed by atoms with Gasteiger partial charge in [0.25, 0.3) is 0 Å². The number of nitrogen functional groups attached to an aromatic ring is 1. The van der Waals surface area contributed by atoms with Gasteiger partial charge in [0, 0.05) is 17.7 Å². The molecule has 0 amide bonds. The summed E-state index contributed by atoms with van der Waals surface area (Å²) in [4.78, 5) is 0. The summed E-state index contributed by atoms with van der Waals surface area (Å²) in [5.41, 5.74) is 8.33. The first-order chi connectivity index (χ1) is 8.61. The second-order valence-electron chi connectivity index (χ2n) is 4.28. The minimum Gasteiger partial charge on any atom is -0.398 e. The van der Waals surface area contributed by atoms with E-state index in [1.807, 2.05) is 24.3 Å². The predicted octanol–water partition coefficient (Wildman–Crippen LogP) is 3.70. The van der Waals surface area contributed by atoms with Crippen LogP contribution in [0.3, 0.4) is 0 Å². The van der Waals surface area contributed by atoms with Gasteiger partial charge in [-0.25, -0.2) is 8.78 Å². The summed E-state index contributed by atoms with van der Waals surface area (Å²) in [6, 6.07) is 10.3. The molecule has 0 aromatic heterocycles. The van der Waals surface area contributed by atoms with Gasteiger partial charge in [-0.15, -0.1) is 0 Å². The Kier molecular flexibility index (Phi) is 3.60. The first-order valence-corrected chi connectivity index (χ1v) is 5.92. The average Bonchev–Trinajstić information content (AvgIpc) is 2.40. The van der Waals surface area contributed by atoms with Crippen LogP contribution < -0.4 is 5.73 Å². The van der Waals surface area contributed by atoms with Crippen LogP contribution in [0.1, 0.15) is 23.6 Å². The van der Waals surface area contributed by atoms with Crippen molar-refractivity contribution in [2.45, 2.75) is 19.8 Å². The van der Waals surface area contributed by atoms with E-state index in [-0.39, 0.29) is 11.3 Å². The molecule has 0 aliphatic heterocycles. The molecule has 0 bridgehead atoms. The Bertz CT molecular complexity index is 547. The third-order valence-electron chi connectivity index (χ3n) is 3.04. The maximum atomic E-state index is 13.6. The number of nitrogens with two attached hydrogens (primary N) is 1.